The zero-order valence-electron chi connectivity index (χ0n) is 12.5. The third-order valence-electron chi connectivity index (χ3n) is 4.50. The predicted octanol–water partition coefficient (Wildman–Crippen LogP) is -0.686. The highest BCUT2D eigenvalue weighted by Gasteiger charge is 2.47. The average molecular weight is 320 g/mol. The zero-order valence-corrected chi connectivity index (χ0v) is 13.4. The summed E-state index contributed by atoms with van der Waals surface area (Å²) in [6.07, 6.45) is 0.0528. The highest BCUT2D eigenvalue weighted by Crippen LogP contribution is 2.40. The van der Waals surface area contributed by atoms with Gasteiger partial charge in [-0.1, -0.05) is 13.8 Å². The van der Waals surface area contributed by atoms with Gasteiger partial charge in [0.25, 0.3) is 0 Å². The maximum absolute atomic E-state index is 12.1. The van der Waals surface area contributed by atoms with Crippen LogP contribution in [0.3, 0.4) is 0 Å². The summed E-state index contributed by atoms with van der Waals surface area (Å²) in [5, 5.41) is 12.4. The summed E-state index contributed by atoms with van der Waals surface area (Å²) < 4.78 is 30.7. The quantitative estimate of drug-likeness (QED) is 0.699. The molecule has 122 valence electrons. The van der Waals surface area contributed by atoms with Gasteiger partial charge >= 0.3 is 0 Å². The molecule has 1 saturated heterocycles. The lowest BCUT2D eigenvalue weighted by Gasteiger charge is -2.49. The standard InChI is InChI=1S/C13H24N2O5S/c1-13(2)10(9-11(13)16)14-12(17)3-8-21(18,19)15-4-6-20-7-5-15/h10-11,16H,3-9H2,1-2H3,(H,14,17). The van der Waals surface area contributed by atoms with E-state index < -0.39 is 16.1 Å². The molecule has 0 radical (unpaired) electrons. The third-order valence-corrected chi connectivity index (χ3v) is 6.37. The lowest BCUT2D eigenvalue weighted by atomic mass is 9.64. The summed E-state index contributed by atoms with van der Waals surface area (Å²) in [7, 11) is -3.40. The monoisotopic (exact) mass is 320 g/mol. The number of hydrogen-bond donors (Lipinski definition) is 2. The maximum atomic E-state index is 12.1. The highest BCUT2D eigenvalue weighted by molar-refractivity contribution is 7.89. The second-order valence-electron chi connectivity index (χ2n) is 6.27. The summed E-state index contributed by atoms with van der Waals surface area (Å²) >= 11 is 0. The van der Waals surface area contributed by atoms with Crippen LogP contribution in [0.1, 0.15) is 26.7 Å². The fourth-order valence-electron chi connectivity index (χ4n) is 2.59. The normalized spacial score (nSPS) is 29.7. The van der Waals surface area contributed by atoms with Gasteiger partial charge in [0.1, 0.15) is 0 Å². The molecule has 8 heteroatoms. The van der Waals surface area contributed by atoms with Crippen molar-refractivity contribution in [2.45, 2.75) is 38.8 Å². The number of hydrogen-bond acceptors (Lipinski definition) is 5. The van der Waals surface area contributed by atoms with Crippen molar-refractivity contribution in [1.29, 1.82) is 0 Å². The van der Waals surface area contributed by atoms with Gasteiger partial charge in [0.05, 0.1) is 25.1 Å². The van der Waals surface area contributed by atoms with Gasteiger partial charge in [-0.3, -0.25) is 4.79 Å². The fraction of sp³-hybridized carbons (Fsp3) is 0.923. The van der Waals surface area contributed by atoms with Crippen molar-refractivity contribution in [3.63, 3.8) is 0 Å². The molecule has 0 spiro atoms. The van der Waals surface area contributed by atoms with E-state index in [1.807, 2.05) is 13.8 Å². The summed E-state index contributed by atoms with van der Waals surface area (Å²) in [5.41, 5.74) is -0.348. The number of carbonyl (C=O) groups excluding carboxylic acids is 1. The molecule has 1 saturated carbocycles. The second kappa shape index (κ2) is 6.20. The fourth-order valence-corrected chi connectivity index (χ4v) is 4.00. The van der Waals surface area contributed by atoms with Crippen LogP contribution in [0.2, 0.25) is 0 Å². The van der Waals surface area contributed by atoms with Crippen LogP contribution in [-0.4, -0.2) is 67.9 Å². The summed E-state index contributed by atoms with van der Waals surface area (Å²) in [6.45, 7) is 5.28. The minimum absolute atomic E-state index is 0.0532. The molecule has 2 aliphatic rings. The van der Waals surface area contributed by atoms with Gasteiger partial charge in [-0.25, -0.2) is 8.42 Å². The van der Waals surface area contributed by atoms with Crippen LogP contribution in [0.5, 0.6) is 0 Å². The van der Waals surface area contributed by atoms with Gasteiger partial charge in [-0.05, 0) is 6.42 Å². The maximum Gasteiger partial charge on any atom is 0.221 e. The Morgan fingerprint density at radius 3 is 2.52 bits per heavy atom. The molecule has 21 heavy (non-hydrogen) atoms. The van der Waals surface area contributed by atoms with E-state index in [9.17, 15) is 18.3 Å². The van der Waals surface area contributed by atoms with Crippen LogP contribution in [-0.2, 0) is 19.6 Å². The molecule has 2 fully saturated rings. The van der Waals surface area contributed by atoms with Gasteiger partial charge in [0, 0.05) is 31.0 Å². The summed E-state index contributed by atoms with van der Waals surface area (Å²) in [4.78, 5) is 11.9. The molecular formula is C13H24N2O5S. The summed E-state index contributed by atoms with van der Waals surface area (Å²) in [6, 6.07) is -0.0916. The third kappa shape index (κ3) is 3.74. The smallest absolute Gasteiger partial charge is 0.221 e. The molecule has 1 amide bonds. The number of nitrogens with one attached hydrogen (secondary N) is 1. The first-order valence-corrected chi connectivity index (χ1v) is 8.87. The predicted molar refractivity (Wildman–Crippen MR) is 77.1 cm³/mol. The molecular weight excluding hydrogens is 296 g/mol. The van der Waals surface area contributed by atoms with Gasteiger partial charge in [0.2, 0.25) is 15.9 Å². The highest BCUT2D eigenvalue weighted by atomic mass is 32.2. The molecule has 0 aromatic carbocycles. The Morgan fingerprint density at radius 2 is 2.00 bits per heavy atom. The molecule has 0 aromatic rings. The van der Waals surface area contributed by atoms with E-state index in [2.05, 4.69) is 5.32 Å². The van der Waals surface area contributed by atoms with Crippen molar-refractivity contribution in [3.8, 4) is 0 Å². The number of nitrogens with zero attached hydrogens (tertiary/aromatic N) is 1. The first-order valence-electron chi connectivity index (χ1n) is 7.26. The minimum Gasteiger partial charge on any atom is -0.392 e. The van der Waals surface area contributed by atoms with E-state index in [0.717, 1.165) is 0 Å². The molecule has 0 bridgehead atoms. The van der Waals surface area contributed by atoms with E-state index in [0.29, 0.717) is 32.7 Å². The Morgan fingerprint density at radius 1 is 1.38 bits per heavy atom. The number of sulfonamides is 1. The van der Waals surface area contributed by atoms with Crippen molar-refractivity contribution in [1.82, 2.24) is 9.62 Å². The molecule has 0 aromatic heterocycles. The lowest BCUT2D eigenvalue weighted by molar-refractivity contribution is -0.128. The van der Waals surface area contributed by atoms with E-state index in [4.69, 9.17) is 4.74 Å². The van der Waals surface area contributed by atoms with Crippen LogP contribution in [0.4, 0.5) is 0 Å². The summed E-state index contributed by atoms with van der Waals surface area (Å²) in [5.74, 6) is -0.467. The van der Waals surface area contributed by atoms with Crippen LogP contribution < -0.4 is 5.32 Å². The van der Waals surface area contributed by atoms with Crippen molar-refractivity contribution < 1.29 is 23.1 Å². The van der Waals surface area contributed by atoms with E-state index in [1.165, 1.54) is 4.31 Å². The van der Waals surface area contributed by atoms with Crippen LogP contribution in [0.15, 0.2) is 0 Å². The molecule has 2 unspecified atom stereocenters. The lowest BCUT2D eigenvalue weighted by Crippen LogP contribution is -2.61. The van der Waals surface area contributed by atoms with Crippen LogP contribution in [0.25, 0.3) is 0 Å². The Balaban J connectivity index is 1.78. The first kappa shape index (κ1) is 16.7. The largest absolute Gasteiger partial charge is 0.392 e. The van der Waals surface area contributed by atoms with Crippen molar-refractivity contribution >= 4 is 15.9 Å². The number of ether oxygens (including phenoxy) is 1. The van der Waals surface area contributed by atoms with Crippen LogP contribution >= 0.6 is 0 Å². The van der Waals surface area contributed by atoms with E-state index in [1.54, 1.807) is 0 Å². The zero-order chi connectivity index (χ0) is 15.7. The topological polar surface area (TPSA) is 95.9 Å². The molecule has 1 heterocycles. The van der Waals surface area contributed by atoms with Crippen molar-refractivity contribution in [3.05, 3.63) is 0 Å². The first-order chi connectivity index (χ1) is 9.73. The molecule has 2 atom stereocenters. The van der Waals surface area contributed by atoms with Crippen LogP contribution in [0, 0.1) is 5.41 Å². The Labute approximate surface area is 125 Å². The number of morpholine rings is 1. The number of amides is 1. The molecule has 1 aliphatic carbocycles. The Bertz CT molecular complexity index is 485. The minimum atomic E-state index is -3.40. The van der Waals surface area contributed by atoms with Gasteiger partial charge < -0.3 is 15.2 Å². The number of aliphatic hydroxyl groups excluding tert-OH is 1. The van der Waals surface area contributed by atoms with Gasteiger partial charge in [-0.2, -0.15) is 4.31 Å². The SMILES string of the molecule is CC1(C)C(O)CC1NC(=O)CCS(=O)(=O)N1CCOCC1. The number of rotatable bonds is 5. The van der Waals surface area contributed by atoms with Gasteiger partial charge in [0.15, 0.2) is 0 Å². The number of aliphatic hydroxyl groups is 1. The van der Waals surface area contributed by atoms with Gasteiger partial charge in [-0.15, -0.1) is 0 Å². The average Bonchev–Trinajstić information content (AvgIpc) is 2.46. The number of carbonyl (C=O) groups is 1. The van der Waals surface area contributed by atoms with E-state index >= 15 is 0 Å². The molecule has 7 nitrogen and oxygen atoms in total. The Hall–Kier alpha value is -0.700. The van der Waals surface area contributed by atoms with Crippen molar-refractivity contribution in [2.24, 2.45) is 5.41 Å². The Kier molecular flexibility index (Phi) is 4.92. The molecule has 2 rings (SSSR count). The second-order valence-corrected chi connectivity index (χ2v) is 8.36. The molecule has 2 N–H and O–H groups in total. The molecule has 1 aliphatic heterocycles. The van der Waals surface area contributed by atoms with Crippen molar-refractivity contribution in [2.75, 3.05) is 32.1 Å². The van der Waals surface area contributed by atoms with E-state index in [-0.39, 0.29) is 29.5 Å².